The number of hydrogen-bond acceptors (Lipinski definition) is 3. The standard InChI is InChI=1S/C18H28Br2O3/c1-3-17(21-15-11-7-5-9-13-19)23-18(4-2)22-16-12-8-6-10-14-20/h1-2,17-18H,5-16H2. The lowest BCUT2D eigenvalue weighted by molar-refractivity contribution is -0.200. The molecule has 0 fully saturated rings. The van der Waals surface area contributed by atoms with Gasteiger partial charge in [0, 0.05) is 10.7 Å². The maximum Gasteiger partial charge on any atom is 0.225 e. The van der Waals surface area contributed by atoms with Gasteiger partial charge in [-0.3, -0.25) is 0 Å². The predicted octanol–water partition coefficient (Wildman–Crippen LogP) is 4.87. The molecule has 0 amide bonds. The Bertz CT molecular complexity index is 304. The molecular weight excluding hydrogens is 424 g/mol. The molecule has 132 valence electrons. The van der Waals surface area contributed by atoms with Crippen molar-refractivity contribution in [3.63, 3.8) is 0 Å². The minimum atomic E-state index is -0.749. The van der Waals surface area contributed by atoms with Crippen LogP contribution in [0.15, 0.2) is 0 Å². The lowest BCUT2D eigenvalue weighted by Crippen LogP contribution is -2.25. The minimum absolute atomic E-state index is 0.570. The third-order valence-corrected chi connectivity index (χ3v) is 4.24. The minimum Gasteiger partial charge on any atom is -0.342 e. The summed E-state index contributed by atoms with van der Waals surface area (Å²) in [6.45, 7) is 1.14. The number of alkyl halides is 2. The average Bonchev–Trinajstić information content (AvgIpc) is 2.58. The molecule has 0 N–H and O–H groups in total. The Kier molecular flexibility index (Phi) is 18.3. The van der Waals surface area contributed by atoms with Crippen LogP contribution in [0, 0.1) is 24.7 Å². The fourth-order valence-corrected chi connectivity index (χ4v) is 2.64. The molecule has 0 aromatic carbocycles. The zero-order valence-corrected chi connectivity index (χ0v) is 16.9. The quantitative estimate of drug-likeness (QED) is 0.145. The number of halogens is 2. The van der Waals surface area contributed by atoms with Gasteiger partial charge in [0.1, 0.15) is 0 Å². The first-order valence-electron chi connectivity index (χ1n) is 8.21. The van der Waals surface area contributed by atoms with Crippen molar-refractivity contribution in [3.05, 3.63) is 0 Å². The largest absolute Gasteiger partial charge is 0.342 e. The van der Waals surface area contributed by atoms with Gasteiger partial charge in [0.2, 0.25) is 12.6 Å². The normalized spacial score (nSPS) is 13.2. The molecule has 0 aliphatic rings. The molecule has 0 bridgehead atoms. The monoisotopic (exact) mass is 450 g/mol. The van der Waals surface area contributed by atoms with Crippen LogP contribution in [0.25, 0.3) is 0 Å². The van der Waals surface area contributed by atoms with Gasteiger partial charge in [0.15, 0.2) is 0 Å². The van der Waals surface area contributed by atoms with Crippen LogP contribution in [0.4, 0.5) is 0 Å². The Morgan fingerprint density at radius 1 is 0.652 bits per heavy atom. The van der Waals surface area contributed by atoms with Gasteiger partial charge in [0.25, 0.3) is 0 Å². The first kappa shape index (κ1) is 23.0. The van der Waals surface area contributed by atoms with E-state index in [1.165, 1.54) is 25.7 Å². The van der Waals surface area contributed by atoms with Crippen LogP contribution < -0.4 is 0 Å². The highest BCUT2D eigenvalue weighted by molar-refractivity contribution is 9.09. The molecule has 0 aromatic rings. The van der Waals surface area contributed by atoms with Crippen molar-refractivity contribution in [2.75, 3.05) is 23.9 Å². The predicted molar refractivity (Wildman–Crippen MR) is 103 cm³/mol. The lowest BCUT2D eigenvalue weighted by Gasteiger charge is -2.18. The van der Waals surface area contributed by atoms with E-state index in [0.717, 1.165) is 36.3 Å². The maximum atomic E-state index is 5.51. The highest BCUT2D eigenvalue weighted by Gasteiger charge is 2.13. The zero-order valence-electron chi connectivity index (χ0n) is 13.8. The van der Waals surface area contributed by atoms with Crippen LogP contribution in [0.2, 0.25) is 0 Å². The molecule has 0 aliphatic carbocycles. The van der Waals surface area contributed by atoms with Crippen LogP contribution in [-0.2, 0) is 14.2 Å². The van der Waals surface area contributed by atoms with Crippen LogP contribution >= 0.6 is 31.9 Å². The van der Waals surface area contributed by atoms with Gasteiger partial charge in [-0.05, 0) is 37.5 Å². The lowest BCUT2D eigenvalue weighted by atomic mass is 10.2. The first-order chi connectivity index (χ1) is 11.3. The summed E-state index contributed by atoms with van der Waals surface area (Å²) in [6, 6.07) is 0. The summed E-state index contributed by atoms with van der Waals surface area (Å²) in [7, 11) is 0. The second-order valence-electron chi connectivity index (χ2n) is 5.08. The molecule has 0 heterocycles. The van der Waals surface area contributed by atoms with Crippen LogP contribution in [-0.4, -0.2) is 36.5 Å². The topological polar surface area (TPSA) is 27.7 Å². The second-order valence-corrected chi connectivity index (χ2v) is 6.67. The summed E-state index contributed by atoms with van der Waals surface area (Å²) < 4.78 is 16.5. The summed E-state index contributed by atoms with van der Waals surface area (Å²) in [5.74, 6) is 4.91. The fourth-order valence-electron chi connectivity index (χ4n) is 1.85. The van der Waals surface area contributed by atoms with Crippen molar-refractivity contribution < 1.29 is 14.2 Å². The number of hydrogen-bond donors (Lipinski definition) is 0. The van der Waals surface area contributed by atoms with E-state index in [9.17, 15) is 0 Å². The van der Waals surface area contributed by atoms with Crippen LogP contribution in [0.3, 0.4) is 0 Å². The van der Waals surface area contributed by atoms with E-state index in [1.807, 2.05) is 0 Å². The molecule has 2 unspecified atom stereocenters. The van der Waals surface area contributed by atoms with E-state index in [1.54, 1.807) is 0 Å². The fraction of sp³-hybridized carbons (Fsp3) is 0.778. The van der Waals surface area contributed by atoms with Gasteiger partial charge < -0.3 is 14.2 Å². The molecule has 0 aromatic heterocycles. The summed E-state index contributed by atoms with van der Waals surface area (Å²) >= 11 is 6.83. The van der Waals surface area contributed by atoms with Gasteiger partial charge in [0.05, 0.1) is 13.2 Å². The van der Waals surface area contributed by atoms with Gasteiger partial charge >= 0.3 is 0 Å². The smallest absolute Gasteiger partial charge is 0.225 e. The van der Waals surface area contributed by atoms with Crippen molar-refractivity contribution in [3.8, 4) is 24.7 Å². The molecule has 2 atom stereocenters. The molecule has 0 saturated heterocycles. The van der Waals surface area contributed by atoms with E-state index in [0.29, 0.717) is 13.2 Å². The molecule has 3 nitrogen and oxygen atoms in total. The van der Waals surface area contributed by atoms with E-state index in [4.69, 9.17) is 27.1 Å². The van der Waals surface area contributed by atoms with E-state index >= 15 is 0 Å². The first-order valence-corrected chi connectivity index (χ1v) is 10.5. The van der Waals surface area contributed by atoms with Crippen LogP contribution in [0.5, 0.6) is 0 Å². The van der Waals surface area contributed by atoms with Crippen molar-refractivity contribution in [2.45, 2.75) is 63.9 Å². The maximum absolute atomic E-state index is 5.51. The molecule has 0 radical (unpaired) electrons. The third kappa shape index (κ3) is 15.2. The van der Waals surface area contributed by atoms with Crippen molar-refractivity contribution in [1.29, 1.82) is 0 Å². The van der Waals surface area contributed by atoms with Gasteiger partial charge in [-0.15, -0.1) is 12.8 Å². The molecule has 0 spiro atoms. The van der Waals surface area contributed by atoms with E-state index in [-0.39, 0.29) is 0 Å². The number of ether oxygens (including phenoxy) is 3. The number of rotatable bonds is 16. The summed E-state index contributed by atoms with van der Waals surface area (Å²) in [5, 5.41) is 2.09. The van der Waals surface area contributed by atoms with Gasteiger partial charge in [-0.2, -0.15) is 0 Å². The Hall–Kier alpha value is -0.0400. The highest BCUT2D eigenvalue weighted by atomic mass is 79.9. The third-order valence-electron chi connectivity index (χ3n) is 3.11. The summed E-state index contributed by atoms with van der Waals surface area (Å²) in [4.78, 5) is 0. The van der Waals surface area contributed by atoms with E-state index < -0.39 is 12.6 Å². The second kappa shape index (κ2) is 18.3. The molecule has 0 aliphatic heterocycles. The Labute approximate surface area is 158 Å². The van der Waals surface area contributed by atoms with Crippen molar-refractivity contribution >= 4 is 31.9 Å². The van der Waals surface area contributed by atoms with Crippen molar-refractivity contribution in [2.24, 2.45) is 0 Å². The SMILES string of the molecule is C#CC(OCCCCCCBr)OC(C#C)OCCCCCCBr. The number of terminal acetylenes is 2. The molecule has 5 heteroatoms. The highest BCUT2D eigenvalue weighted by Crippen LogP contribution is 2.07. The average molecular weight is 452 g/mol. The summed E-state index contributed by atoms with van der Waals surface area (Å²) in [5.41, 5.74) is 0. The van der Waals surface area contributed by atoms with Gasteiger partial charge in [-0.1, -0.05) is 57.5 Å². The molecular formula is C18H28Br2O3. The van der Waals surface area contributed by atoms with Crippen molar-refractivity contribution in [1.82, 2.24) is 0 Å². The summed E-state index contributed by atoms with van der Waals surface area (Å²) in [6.07, 6.45) is 18.2. The molecule has 23 heavy (non-hydrogen) atoms. The van der Waals surface area contributed by atoms with E-state index in [2.05, 4.69) is 43.7 Å². The Balaban J connectivity index is 3.76. The van der Waals surface area contributed by atoms with Gasteiger partial charge in [-0.25, -0.2) is 0 Å². The molecule has 0 rings (SSSR count). The Morgan fingerprint density at radius 3 is 1.39 bits per heavy atom. The Morgan fingerprint density at radius 2 is 1.04 bits per heavy atom. The van der Waals surface area contributed by atoms with Crippen LogP contribution in [0.1, 0.15) is 51.4 Å². The molecule has 0 saturated carbocycles. The number of unbranched alkanes of at least 4 members (excludes halogenated alkanes) is 6. The zero-order chi connectivity index (χ0) is 17.2.